The first-order valence-corrected chi connectivity index (χ1v) is 5.03. The fraction of sp³-hybridized carbons (Fsp3) is 0.500. The van der Waals surface area contributed by atoms with Gasteiger partial charge < -0.3 is 10.5 Å². The summed E-state index contributed by atoms with van der Waals surface area (Å²) in [6.07, 6.45) is 0. The van der Waals surface area contributed by atoms with Gasteiger partial charge in [-0.25, -0.2) is 4.39 Å². The summed E-state index contributed by atoms with van der Waals surface area (Å²) in [7, 11) is 1.62. The van der Waals surface area contributed by atoms with E-state index in [4.69, 9.17) is 10.5 Å². The Labute approximate surface area is 90.2 Å². The van der Waals surface area contributed by atoms with Gasteiger partial charge in [-0.3, -0.25) is 0 Å². The van der Waals surface area contributed by atoms with Crippen LogP contribution in [0.25, 0.3) is 0 Å². The molecule has 0 spiro atoms. The Morgan fingerprint density at radius 1 is 1.47 bits per heavy atom. The standard InChI is InChI=1S/C12H18FNO/c1-9(8-15-3)12(2,14)10-6-4-5-7-11(10)13/h4-7,9H,8,14H2,1-3H3. The molecule has 0 heterocycles. The lowest BCUT2D eigenvalue weighted by molar-refractivity contribution is 0.119. The molecule has 0 aliphatic rings. The predicted molar refractivity (Wildman–Crippen MR) is 59.0 cm³/mol. The minimum absolute atomic E-state index is 0.0550. The van der Waals surface area contributed by atoms with Crippen LogP contribution < -0.4 is 5.73 Å². The number of nitrogens with two attached hydrogens (primary N) is 1. The van der Waals surface area contributed by atoms with Gasteiger partial charge >= 0.3 is 0 Å². The molecule has 15 heavy (non-hydrogen) atoms. The van der Waals surface area contributed by atoms with E-state index in [1.54, 1.807) is 25.3 Å². The molecule has 1 aromatic rings. The maximum atomic E-state index is 13.6. The van der Waals surface area contributed by atoms with Gasteiger partial charge in [-0.1, -0.05) is 25.1 Å². The third-order valence-electron chi connectivity index (χ3n) is 2.89. The fourth-order valence-electron chi connectivity index (χ4n) is 1.59. The second-order valence-electron chi connectivity index (χ2n) is 4.12. The molecule has 1 rings (SSSR count). The van der Waals surface area contributed by atoms with E-state index >= 15 is 0 Å². The Balaban J connectivity index is 2.99. The van der Waals surface area contributed by atoms with Crippen LogP contribution in [-0.4, -0.2) is 13.7 Å². The molecule has 1 aromatic carbocycles. The third kappa shape index (κ3) is 2.55. The number of hydrogen-bond acceptors (Lipinski definition) is 2. The van der Waals surface area contributed by atoms with E-state index in [0.29, 0.717) is 12.2 Å². The summed E-state index contributed by atoms with van der Waals surface area (Å²) in [5, 5.41) is 0. The lowest BCUT2D eigenvalue weighted by Gasteiger charge is -2.32. The highest BCUT2D eigenvalue weighted by molar-refractivity contribution is 5.25. The fourth-order valence-corrected chi connectivity index (χ4v) is 1.59. The summed E-state index contributed by atoms with van der Waals surface area (Å²) >= 11 is 0. The molecule has 2 unspecified atom stereocenters. The minimum atomic E-state index is -0.707. The first-order chi connectivity index (χ1) is 7.00. The van der Waals surface area contributed by atoms with Crippen molar-refractivity contribution in [2.24, 2.45) is 11.7 Å². The van der Waals surface area contributed by atoms with Crippen LogP contribution in [0.15, 0.2) is 24.3 Å². The number of rotatable bonds is 4. The van der Waals surface area contributed by atoms with Crippen molar-refractivity contribution in [3.05, 3.63) is 35.6 Å². The molecular weight excluding hydrogens is 193 g/mol. The van der Waals surface area contributed by atoms with Crippen molar-refractivity contribution in [1.82, 2.24) is 0 Å². The molecule has 0 saturated carbocycles. The highest BCUT2D eigenvalue weighted by atomic mass is 19.1. The van der Waals surface area contributed by atoms with E-state index in [0.717, 1.165) is 0 Å². The van der Waals surface area contributed by atoms with Crippen molar-refractivity contribution in [1.29, 1.82) is 0 Å². The topological polar surface area (TPSA) is 35.2 Å². The number of hydrogen-bond donors (Lipinski definition) is 1. The average molecular weight is 211 g/mol. The van der Waals surface area contributed by atoms with Crippen LogP contribution >= 0.6 is 0 Å². The van der Waals surface area contributed by atoms with Crippen LogP contribution in [0, 0.1) is 11.7 Å². The largest absolute Gasteiger partial charge is 0.384 e. The first-order valence-electron chi connectivity index (χ1n) is 5.03. The molecule has 0 bridgehead atoms. The molecule has 2 N–H and O–H groups in total. The van der Waals surface area contributed by atoms with Crippen LogP contribution in [-0.2, 0) is 10.3 Å². The summed E-state index contributed by atoms with van der Waals surface area (Å²) < 4.78 is 18.6. The van der Waals surface area contributed by atoms with Crippen LogP contribution in [0.4, 0.5) is 4.39 Å². The van der Waals surface area contributed by atoms with Crippen molar-refractivity contribution in [3.8, 4) is 0 Å². The number of methoxy groups -OCH3 is 1. The lowest BCUT2D eigenvalue weighted by Crippen LogP contribution is -2.42. The zero-order valence-corrected chi connectivity index (χ0v) is 9.46. The maximum Gasteiger partial charge on any atom is 0.128 e. The summed E-state index contributed by atoms with van der Waals surface area (Å²) in [6.45, 7) is 4.30. The SMILES string of the molecule is COCC(C)C(C)(N)c1ccccc1F. The highest BCUT2D eigenvalue weighted by Crippen LogP contribution is 2.28. The molecule has 0 fully saturated rings. The quantitative estimate of drug-likeness (QED) is 0.829. The second-order valence-corrected chi connectivity index (χ2v) is 4.12. The summed E-state index contributed by atoms with van der Waals surface area (Å²) in [5.74, 6) is -0.204. The van der Waals surface area contributed by atoms with Gasteiger partial charge in [0.25, 0.3) is 0 Å². The Morgan fingerprint density at radius 3 is 2.60 bits per heavy atom. The summed E-state index contributed by atoms with van der Waals surface area (Å²) in [4.78, 5) is 0. The minimum Gasteiger partial charge on any atom is -0.384 e. The average Bonchev–Trinajstić information content (AvgIpc) is 2.18. The zero-order valence-electron chi connectivity index (χ0n) is 9.46. The van der Waals surface area contributed by atoms with E-state index in [9.17, 15) is 4.39 Å². The molecule has 84 valence electrons. The van der Waals surface area contributed by atoms with Gasteiger partial charge in [0.15, 0.2) is 0 Å². The van der Waals surface area contributed by atoms with Crippen LogP contribution in [0.2, 0.25) is 0 Å². The summed E-state index contributed by atoms with van der Waals surface area (Å²) in [6, 6.07) is 6.61. The monoisotopic (exact) mass is 211 g/mol. The molecular formula is C12H18FNO. The maximum absolute atomic E-state index is 13.6. The van der Waals surface area contributed by atoms with Crippen molar-refractivity contribution >= 4 is 0 Å². The molecule has 0 aliphatic carbocycles. The van der Waals surface area contributed by atoms with Crippen LogP contribution in [0.5, 0.6) is 0 Å². The van der Waals surface area contributed by atoms with Crippen LogP contribution in [0.3, 0.4) is 0 Å². The van der Waals surface area contributed by atoms with Crippen molar-refractivity contribution in [3.63, 3.8) is 0 Å². The van der Waals surface area contributed by atoms with E-state index in [1.165, 1.54) is 6.07 Å². The zero-order chi connectivity index (χ0) is 11.5. The number of halogens is 1. The van der Waals surface area contributed by atoms with Gasteiger partial charge in [0.1, 0.15) is 5.82 Å². The van der Waals surface area contributed by atoms with Gasteiger partial charge in [-0.2, -0.15) is 0 Å². The van der Waals surface area contributed by atoms with Crippen molar-refractivity contribution in [2.45, 2.75) is 19.4 Å². The Bertz CT molecular complexity index is 325. The molecule has 3 heteroatoms. The Kier molecular flexibility index (Phi) is 3.83. The summed E-state index contributed by atoms with van der Waals surface area (Å²) in [5.41, 5.74) is 5.98. The van der Waals surface area contributed by atoms with Crippen molar-refractivity contribution in [2.75, 3.05) is 13.7 Å². The number of ether oxygens (including phenoxy) is 1. The highest BCUT2D eigenvalue weighted by Gasteiger charge is 2.30. The second kappa shape index (κ2) is 4.73. The van der Waals surface area contributed by atoms with Gasteiger partial charge in [0, 0.05) is 24.1 Å². The Hall–Kier alpha value is -0.930. The van der Waals surface area contributed by atoms with Crippen LogP contribution in [0.1, 0.15) is 19.4 Å². The molecule has 0 aliphatic heterocycles. The first kappa shape index (κ1) is 12.1. The Morgan fingerprint density at radius 2 is 2.07 bits per heavy atom. The van der Waals surface area contributed by atoms with Gasteiger partial charge in [-0.05, 0) is 13.0 Å². The van der Waals surface area contributed by atoms with Crippen molar-refractivity contribution < 1.29 is 9.13 Å². The molecule has 0 amide bonds. The van der Waals surface area contributed by atoms with Gasteiger partial charge in [0.05, 0.1) is 6.61 Å². The molecule has 2 atom stereocenters. The normalized spacial score (nSPS) is 17.1. The van der Waals surface area contributed by atoms with E-state index in [2.05, 4.69) is 0 Å². The lowest BCUT2D eigenvalue weighted by atomic mass is 9.81. The smallest absolute Gasteiger partial charge is 0.128 e. The van der Waals surface area contributed by atoms with E-state index < -0.39 is 5.54 Å². The predicted octanol–water partition coefficient (Wildman–Crippen LogP) is 2.28. The van der Waals surface area contributed by atoms with Gasteiger partial charge in [0.2, 0.25) is 0 Å². The van der Waals surface area contributed by atoms with E-state index in [1.807, 2.05) is 13.8 Å². The third-order valence-corrected chi connectivity index (χ3v) is 2.89. The molecule has 0 radical (unpaired) electrons. The number of benzene rings is 1. The molecule has 0 aromatic heterocycles. The molecule has 2 nitrogen and oxygen atoms in total. The van der Waals surface area contributed by atoms with Gasteiger partial charge in [-0.15, -0.1) is 0 Å². The molecule has 0 saturated heterocycles. The van der Waals surface area contributed by atoms with E-state index in [-0.39, 0.29) is 11.7 Å².